The summed E-state index contributed by atoms with van der Waals surface area (Å²) in [4.78, 5) is 22.1. The number of aromatic nitrogens is 2. The van der Waals surface area contributed by atoms with Crippen LogP contribution in [0.15, 0.2) is 47.3 Å². The molecule has 3 aromatic rings. The minimum Gasteiger partial charge on any atom is -0.508 e. The number of nitro groups is 1. The Morgan fingerprint density at radius 2 is 2.00 bits per heavy atom. The maximum atomic E-state index is 11.9. The fourth-order valence-electron chi connectivity index (χ4n) is 2.24. The molecule has 0 fully saturated rings. The highest BCUT2D eigenvalue weighted by molar-refractivity contribution is 5.81. The lowest BCUT2D eigenvalue weighted by atomic mass is 10.2. The van der Waals surface area contributed by atoms with E-state index in [0.29, 0.717) is 11.1 Å². The molecule has 106 valence electrons. The highest BCUT2D eigenvalue weighted by atomic mass is 16.6. The van der Waals surface area contributed by atoms with Gasteiger partial charge in [-0.2, -0.15) is 0 Å². The first-order valence-electron chi connectivity index (χ1n) is 6.20. The Kier molecular flexibility index (Phi) is 2.94. The van der Waals surface area contributed by atoms with Gasteiger partial charge in [0.2, 0.25) is 0 Å². The minimum atomic E-state index is -0.542. The van der Waals surface area contributed by atoms with Crippen molar-refractivity contribution < 1.29 is 10.0 Å². The Hall–Kier alpha value is -3.09. The van der Waals surface area contributed by atoms with Gasteiger partial charge in [0.15, 0.2) is 0 Å². The predicted octanol–water partition coefficient (Wildman–Crippen LogP) is 1.99. The average molecular weight is 285 g/mol. The van der Waals surface area contributed by atoms with Gasteiger partial charge in [0.25, 0.3) is 11.2 Å². The van der Waals surface area contributed by atoms with Crippen LogP contribution in [0.25, 0.3) is 10.9 Å². The SMILES string of the molecule is O=c1[nH]n(Cc2ccccc2O)c2ccc([N+](=O)[O-])cc12. The van der Waals surface area contributed by atoms with Crippen molar-refractivity contribution in [2.24, 2.45) is 0 Å². The molecule has 2 aromatic carbocycles. The van der Waals surface area contributed by atoms with Gasteiger partial charge in [0.05, 0.1) is 22.4 Å². The minimum absolute atomic E-state index is 0.127. The van der Waals surface area contributed by atoms with Crippen molar-refractivity contribution in [2.75, 3.05) is 0 Å². The van der Waals surface area contributed by atoms with Crippen LogP contribution in [0.3, 0.4) is 0 Å². The van der Waals surface area contributed by atoms with Crippen molar-refractivity contribution >= 4 is 16.6 Å². The van der Waals surface area contributed by atoms with E-state index in [2.05, 4.69) is 5.10 Å². The third-order valence-corrected chi connectivity index (χ3v) is 3.28. The summed E-state index contributed by atoms with van der Waals surface area (Å²) < 4.78 is 1.55. The smallest absolute Gasteiger partial charge is 0.272 e. The van der Waals surface area contributed by atoms with Gasteiger partial charge in [-0.15, -0.1) is 0 Å². The van der Waals surface area contributed by atoms with Gasteiger partial charge in [0.1, 0.15) is 5.75 Å². The number of hydrogen-bond acceptors (Lipinski definition) is 4. The van der Waals surface area contributed by atoms with E-state index in [-0.39, 0.29) is 23.4 Å². The van der Waals surface area contributed by atoms with Crippen molar-refractivity contribution in [1.82, 2.24) is 9.78 Å². The van der Waals surface area contributed by atoms with Gasteiger partial charge in [-0.25, -0.2) is 0 Å². The van der Waals surface area contributed by atoms with Crippen LogP contribution in [0.4, 0.5) is 5.69 Å². The largest absolute Gasteiger partial charge is 0.508 e. The molecule has 1 aromatic heterocycles. The van der Waals surface area contributed by atoms with Crippen LogP contribution in [0, 0.1) is 10.1 Å². The Morgan fingerprint density at radius 3 is 2.71 bits per heavy atom. The lowest BCUT2D eigenvalue weighted by molar-refractivity contribution is -0.384. The van der Waals surface area contributed by atoms with Crippen molar-refractivity contribution in [3.63, 3.8) is 0 Å². The second-order valence-electron chi connectivity index (χ2n) is 4.61. The molecule has 2 N–H and O–H groups in total. The first-order chi connectivity index (χ1) is 10.1. The normalized spacial score (nSPS) is 10.9. The lowest BCUT2D eigenvalue weighted by Gasteiger charge is -2.06. The molecule has 0 bridgehead atoms. The summed E-state index contributed by atoms with van der Waals surface area (Å²) in [6, 6.07) is 10.9. The molecule has 0 aliphatic rings. The summed E-state index contributed by atoms with van der Waals surface area (Å²) in [5.74, 6) is 0.127. The number of rotatable bonds is 3. The van der Waals surface area contributed by atoms with Crippen LogP contribution in [-0.2, 0) is 6.54 Å². The van der Waals surface area contributed by atoms with Gasteiger partial charge in [-0.3, -0.25) is 24.7 Å². The number of phenols is 1. The zero-order valence-corrected chi connectivity index (χ0v) is 10.8. The Balaban J connectivity index is 2.10. The summed E-state index contributed by atoms with van der Waals surface area (Å²) >= 11 is 0. The van der Waals surface area contributed by atoms with Gasteiger partial charge < -0.3 is 5.11 Å². The highest BCUT2D eigenvalue weighted by Gasteiger charge is 2.13. The lowest BCUT2D eigenvalue weighted by Crippen LogP contribution is -2.06. The Labute approximate surface area is 118 Å². The van der Waals surface area contributed by atoms with Gasteiger partial charge in [-0.05, 0) is 12.1 Å². The number of phenolic OH excluding ortho intramolecular Hbond substituents is 1. The van der Waals surface area contributed by atoms with Crippen LogP contribution in [-0.4, -0.2) is 19.8 Å². The second-order valence-corrected chi connectivity index (χ2v) is 4.61. The summed E-state index contributed by atoms with van der Waals surface area (Å²) in [7, 11) is 0. The first-order valence-corrected chi connectivity index (χ1v) is 6.20. The van der Waals surface area contributed by atoms with E-state index in [0.717, 1.165) is 0 Å². The number of H-pyrrole nitrogens is 1. The molecule has 7 heteroatoms. The van der Waals surface area contributed by atoms with Crippen LogP contribution in [0.5, 0.6) is 5.75 Å². The number of fused-ring (bicyclic) bond motifs is 1. The van der Waals surface area contributed by atoms with E-state index in [1.807, 2.05) is 0 Å². The summed E-state index contributed by atoms with van der Waals surface area (Å²) in [5.41, 5.74) is 0.662. The average Bonchev–Trinajstić information content (AvgIpc) is 2.77. The summed E-state index contributed by atoms with van der Waals surface area (Å²) in [6.45, 7) is 0.267. The molecule has 0 saturated carbocycles. The van der Waals surface area contributed by atoms with Crippen LogP contribution in [0.1, 0.15) is 5.56 Å². The molecular formula is C14H11N3O4. The number of nitro benzene ring substituents is 1. The van der Waals surface area contributed by atoms with Crippen molar-refractivity contribution in [3.05, 3.63) is 68.5 Å². The number of benzene rings is 2. The number of nitrogens with one attached hydrogen (secondary N) is 1. The molecular weight excluding hydrogens is 274 g/mol. The van der Waals surface area contributed by atoms with Crippen molar-refractivity contribution in [1.29, 1.82) is 0 Å². The van der Waals surface area contributed by atoms with Gasteiger partial charge in [-0.1, -0.05) is 18.2 Å². The second kappa shape index (κ2) is 4.78. The molecule has 3 rings (SSSR count). The van der Waals surface area contributed by atoms with E-state index >= 15 is 0 Å². The monoisotopic (exact) mass is 285 g/mol. The predicted molar refractivity (Wildman–Crippen MR) is 76.4 cm³/mol. The van der Waals surface area contributed by atoms with E-state index in [9.17, 15) is 20.0 Å². The molecule has 0 radical (unpaired) electrons. The van der Waals surface area contributed by atoms with Gasteiger partial charge >= 0.3 is 0 Å². The summed E-state index contributed by atoms with van der Waals surface area (Å²) in [5, 5.41) is 23.4. The molecule has 0 amide bonds. The highest BCUT2D eigenvalue weighted by Crippen LogP contribution is 2.21. The van der Waals surface area contributed by atoms with Gasteiger partial charge in [0, 0.05) is 17.7 Å². The zero-order valence-electron chi connectivity index (χ0n) is 10.8. The van der Waals surface area contributed by atoms with Crippen LogP contribution >= 0.6 is 0 Å². The van der Waals surface area contributed by atoms with Crippen molar-refractivity contribution in [3.8, 4) is 5.75 Å². The quantitative estimate of drug-likeness (QED) is 0.567. The van der Waals surface area contributed by atoms with E-state index in [1.165, 1.54) is 18.2 Å². The third kappa shape index (κ3) is 2.25. The molecule has 1 heterocycles. The molecule has 0 atom stereocenters. The number of aromatic hydroxyl groups is 1. The topological polar surface area (TPSA) is 101 Å². The van der Waals surface area contributed by atoms with Crippen LogP contribution in [0.2, 0.25) is 0 Å². The first kappa shape index (κ1) is 12.9. The zero-order chi connectivity index (χ0) is 15.0. The van der Waals surface area contributed by atoms with Crippen LogP contribution < -0.4 is 5.56 Å². The van der Waals surface area contributed by atoms with Crippen molar-refractivity contribution in [2.45, 2.75) is 6.54 Å². The molecule has 0 aliphatic heterocycles. The molecule has 0 aliphatic carbocycles. The van der Waals surface area contributed by atoms with E-state index in [4.69, 9.17) is 0 Å². The molecule has 0 spiro atoms. The Morgan fingerprint density at radius 1 is 1.24 bits per heavy atom. The van der Waals surface area contributed by atoms with E-state index in [1.54, 1.807) is 28.9 Å². The third-order valence-electron chi connectivity index (χ3n) is 3.28. The maximum Gasteiger partial charge on any atom is 0.272 e. The standard InChI is InChI=1S/C14H11N3O4/c18-13-4-2-1-3-9(13)8-16-12-6-5-10(17(20)21)7-11(12)14(19)15-16/h1-7,18H,8H2,(H,15,19). The Bertz CT molecular complexity index is 895. The molecule has 0 saturated heterocycles. The molecule has 0 unspecified atom stereocenters. The molecule has 7 nitrogen and oxygen atoms in total. The number of nitrogens with zero attached hydrogens (tertiary/aromatic N) is 2. The van der Waals surface area contributed by atoms with E-state index < -0.39 is 10.5 Å². The fourth-order valence-corrected chi connectivity index (χ4v) is 2.24. The summed E-state index contributed by atoms with van der Waals surface area (Å²) in [6.07, 6.45) is 0. The number of non-ortho nitro benzene ring substituents is 1. The number of para-hydroxylation sites is 1. The fraction of sp³-hybridized carbons (Fsp3) is 0.0714. The number of aromatic amines is 1. The molecule has 21 heavy (non-hydrogen) atoms. The maximum absolute atomic E-state index is 11.9. The number of hydrogen-bond donors (Lipinski definition) is 2.